The monoisotopic (exact) mass is 468 g/mol. The summed E-state index contributed by atoms with van der Waals surface area (Å²) in [5.41, 5.74) is 2.52. The Morgan fingerprint density at radius 3 is 2.00 bits per heavy atom. The average Bonchev–Trinajstić information content (AvgIpc) is 2.72. The molecule has 10 heteroatoms. The quantitative estimate of drug-likeness (QED) is 0.518. The molecule has 3 aromatic carbocycles. The van der Waals surface area contributed by atoms with Crippen molar-refractivity contribution >= 4 is 22.6 Å². The topological polar surface area (TPSA) is 72.2 Å². The van der Waals surface area contributed by atoms with Gasteiger partial charge in [-0.1, -0.05) is 42.5 Å². The highest BCUT2D eigenvalue weighted by Crippen LogP contribution is 2.36. The van der Waals surface area contributed by atoms with Gasteiger partial charge in [-0.15, -0.1) is 0 Å². The van der Waals surface area contributed by atoms with Crippen molar-refractivity contribution in [3.05, 3.63) is 82.9 Å². The Hall–Kier alpha value is -3.56. The summed E-state index contributed by atoms with van der Waals surface area (Å²) in [7, 11) is 0. The number of carbonyl (C=O) groups excluding carboxylic acids is 2. The highest BCUT2D eigenvalue weighted by molar-refractivity contribution is 5.90. The fourth-order valence-corrected chi connectivity index (χ4v) is 3.47. The average molecular weight is 468 g/mol. The van der Waals surface area contributed by atoms with Gasteiger partial charge < -0.3 is 11.1 Å². The molecule has 0 saturated carbocycles. The lowest BCUT2D eigenvalue weighted by molar-refractivity contribution is -0.143. The van der Waals surface area contributed by atoms with E-state index in [-0.39, 0.29) is 12.5 Å². The molecule has 0 unspecified atom stereocenters. The van der Waals surface area contributed by atoms with Gasteiger partial charge in [0, 0.05) is 6.42 Å². The summed E-state index contributed by atoms with van der Waals surface area (Å²) in [5.74, 6) is -1.83. The maximum absolute atomic E-state index is 13.0. The number of amides is 2. The number of hydrogen-bond acceptors (Lipinski definition) is 2. The van der Waals surface area contributed by atoms with Crippen molar-refractivity contribution in [3.63, 3.8) is 0 Å². The van der Waals surface area contributed by atoms with Crippen LogP contribution in [0.2, 0.25) is 0 Å². The van der Waals surface area contributed by atoms with E-state index in [1.54, 1.807) is 18.2 Å². The summed E-state index contributed by atoms with van der Waals surface area (Å²) < 4.78 is 78.2. The van der Waals surface area contributed by atoms with E-state index in [4.69, 9.17) is 5.73 Å². The Kier molecular flexibility index (Phi) is 6.66. The number of primary amides is 1. The van der Waals surface area contributed by atoms with Gasteiger partial charge in [-0.25, -0.2) is 0 Å². The highest BCUT2D eigenvalue weighted by atomic mass is 19.4. The molecule has 0 radical (unpaired) electrons. The Bertz CT molecular complexity index is 1150. The van der Waals surface area contributed by atoms with Crippen molar-refractivity contribution in [2.24, 2.45) is 5.73 Å². The van der Waals surface area contributed by atoms with E-state index in [0.29, 0.717) is 17.7 Å². The molecule has 174 valence electrons. The fraction of sp³-hybridized carbons (Fsp3) is 0.217. The van der Waals surface area contributed by atoms with Crippen LogP contribution in [0.3, 0.4) is 0 Å². The van der Waals surface area contributed by atoms with Crippen molar-refractivity contribution in [2.45, 2.75) is 31.2 Å². The van der Waals surface area contributed by atoms with Gasteiger partial charge in [-0.3, -0.25) is 9.59 Å². The zero-order chi connectivity index (χ0) is 24.4. The normalized spacial score (nSPS) is 13.0. The van der Waals surface area contributed by atoms with E-state index in [1.165, 1.54) is 0 Å². The Morgan fingerprint density at radius 2 is 1.42 bits per heavy atom. The predicted octanol–water partition coefficient (Wildman–Crippen LogP) is 4.63. The summed E-state index contributed by atoms with van der Waals surface area (Å²) in [5, 5.41) is 4.01. The van der Waals surface area contributed by atoms with Crippen LogP contribution in [0.25, 0.3) is 10.8 Å². The largest absolute Gasteiger partial charge is 0.416 e. The van der Waals surface area contributed by atoms with Crippen LogP contribution in [-0.4, -0.2) is 17.9 Å². The molecule has 3 aromatic rings. The standard InChI is InChI=1S/C23H18F6N2O2/c24-22(25,26)16-8-13(9-17(12-16)23(27,28)29)10-20(32)31-19(21(30)33)11-15-6-3-5-14-4-1-2-7-18(14)15/h1-9,12,19H,10-11H2,(H2,30,33)(H,31,32)/t19-/m0/s1. The van der Waals surface area contributed by atoms with Crippen LogP contribution in [0.1, 0.15) is 22.3 Å². The van der Waals surface area contributed by atoms with Crippen LogP contribution in [-0.2, 0) is 34.8 Å². The number of nitrogens with one attached hydrogen (secondary N) is 1. The van der Waals surface area contributed by atoms with Crippen LogP contribution in [0.4, 0.5) is 26.3 Å². The molecule has 33 heavy (non-hydrogen) atoms. The molecular weight excluding hydrogens is 450 g/mol. The van der Waals surface area contributed by atoms with Crippen LogP contribution < -0.4 is 11.1 Å². The Labute approximate surface area is 184 Å². The lowest BCUT2D eigenvalue weighted by Crippen LogP contribution is -2.46. The molecule has 0 fully saturated rings. The minimum absolute atomic E-state index is 0.00117. The first-order chi connectivity index (χ1) is 15.3. The number of fused-ring (bicyclic) bond motifs is 1. The van der Waals surface area contributed by atoms with Gasteiger partial charge in [-0.05, 0) is 40.1 Å². The lowest BCUT2D eigenvalue weighted by Gasteiger charge is -2.18. The smallest absolute Gasteiger partial charge is 0.368 e. The molecule has 1 atom stereocenters. The molecule has 0 bridgehead atoms. The van der Waals surface area contributed by atoms with Gasteiger partial charge in [0.2, 0.25) is 11.8 Å². The molecule has 2 amide bonds. The van der Waals surface area contributed by atoms with E-state index < -0.39 is 53.3 Å². The van der Waals surface area contributed by atoms with E-state index in [1.807, 2.05) is 24.3 Å². The van der Waals surface area contributed by atoms with E-state index in [0.717, 1.165) is 10.8 Å². The van der Waals surface area contributed by atoms with Crippen molar-refractivity contribution in [1.29, 1.82) is 0 Å². The number of benzene rings is 3. The summed E-state index contributed by atoms with van der Waals surface area (Å²) in [6, 6.07) is 12.3. The van der Waals surface area contributed by atoms with Gasteiger partial charge in [0.05, 0.1) is 17.5 Å². The molecule has 0 aliphatic rings. The van der Waals surface area contributed by atoms with Crippen LogP contribution in [0, 0.1) is 0 Å². The van der Waals surface area contributed by atoms with Crippen molar-refractivity contribution in [1.82, 2.24) is 5.32 Å². The molecule has 4 nitrogen and oxygen atoms in total. The molecule has 0 aliphatic heterocycles. The second kappa shape index (κ2) is 9.13. The van der Waals surface area contributed by atoms with Crippen molar-refractivity contribution < 1.29 is 35.9 Å². The first-order valence-corrected chi connectivity index (χ1v) is 9.68. The predicted molar refractivity (Wildman–Crippen MR) is 109 cm³/mol. The van der Waals surface area contributed by atoms with Gasteiger partial charge in [0.1, 0.15) is 6.04 Å². The number of hydrogen-bond donors (Lipinski definition) is 2. The van der Waals surface area contributed by atoms with E-state index in [9.17, 15) is 35.9 Å². The van der Waals surface area contributed by atoms with Gasteiger partial charge in [0.25, 0.3) is 0 Å². The molecule has 3 N–H and O–H groups in total. The van der Waals surface area contributed by atoms with Crippen LogP contribution in [0.5, 0.6) is 0 Å². The van der Waals surface area contributed by atoms with Gasteiger partial charge >= 0.3 is 12.4 Å². The molecule has 0 heterocycles. The summed E-state index contributed by atoms with van der Waals surface area (Å²) in [6.07, 6.45) is -10.9. The number of carbonyl (C=O) groups is 2. The lowest BCUT2D eigenvalue weighted by atomic mass is 9.98. The second-order valence-corrected chi connectivity index (χ2v) is 7.46. The maximum Gasteiger partial charge on any atom is 0.416 e. The van der Waals surface area contributed by atoms with Crippen molar-refractivity contribution in [3.8, 4) is 0 Å². The summed E-state index contributed by atoms with van der Waals surface area (Å²) in [6.45, 7) is 0. The molecule has 0 aromatic heterocycles. The summed E-state index contributed by atoms with van der Waals surface area (Å²) in [4.78, 5) is 24.3. The third-order valence-electron chi connectivity index (χ3n) is 4.99. The molecule has 3 rings (SSSR count). The SMILES string of the molecule is NC(=O)[C@H](Cc1cccc2ccccc12)NC(=O)Cc1cc(C(F)(F)F)cc(C(F)(F)F)c1. The van der Waals surface area contributed by atoms with E-state index >= 15 is 0 Å². The third kappa shape index (κ3) is 6.03. The third-order valence-corrected chi connectivity index (χ3v) is 4.99. The van der Waals surface area contributed by atoms with Gasteiger partial charge in [0.15, 0.2) is 0 Å². The first kappa shape index (κ1) is 24.1. The minimum atomic E-state index is -5.03. The Morgan fingerprint density at radius 1 is 0.848 bits per heavy atom. The minimum Gasteiger partial charge on any atom is -0.368 e. The molecule has 0 aliphatic carbocycles. The maximum atomic E-state index is 13.0. The highest BCUT2D eigenvalue weighted by Gasteiger charge is 2.37. The Balaban J connectivity index is 1.82. The van der Waals surface area contributed by atoms with Gasteiger partial charge in [-0.2, -0.15) is 26.3 Å². The molecule has 0 saturated heterocycles. The first-order valence-electron chi connectivity index (χ1n) is 9.68. The number of halogens is 6. The molecule has 0 spiro atoms. The van der Waals surface area contributed by atoms with Crippen molar-refractivity contribution in [2.75, 3.05) is 0 Å². The fourth-order valence-electron chi connectivity index (χ4n) is 3.47. The number of alkyl halides is 6. The van der Waals surface area contributed by atoms with Crippen LogP contribution >= 0.6 is 0 Å². The molecular formula is C23H18F6N2O2. The summed E-state index contributed by atoms with van der Waals surface area (Å²) >= 11 is 0. The van der Waals surface area contributed by atoms with Crippen LogP contribution in [0.15, 0.2) is 60.7 Å². The number of rotatable bonds is 6. The number of nitrogens with two attached hydrogens (primary N) is 1. The second-order valence-electron chi connectivity index (χ2n) is 7.46. The zero-order valence-electron chi connectivity index (χ0n) is 16.9. The van der Waals surface area contributed by atoms with E-state index in [2.05, 4.69) is 5.32 Å². The zero-order valence-corrected chi connectivity index (χ0v) is 16.9.